The molecular weight excluding hydrogens is 430 g/mol. The number of esters is 2. The van der Waals surface area contributed by atoms with Crippen molar-refractivity contribution in [2.75, 3.05) is 6.61 Å². The lowest BCUT2D eigenvalue weighted by Crippen LogP contribution is -2.66. The van der Waals surface area contributed by atoms with Crippen molar-refractivity contribution in [3.05, 3.63) is 48.0 Å². The molecule has 1 aromatic rings. The molecule has 8 nitrogen and oxygen atoms in total. The predicted octanol–water partition coefficient (Wildman–Crippen LogP) is 2.58. The van der Waals surface area contributed by atoms with E-state index in [1.165, 1.54) is 12.2 Å². The Bertz CT molecular complexity index is 848. The summed E-state index contributed by atoms with van der Waals surface area (Å²) in [5.41, 5.74) is 0.263. The van der Waals surface area contributed by atoms with Gasteiger partial charge in [-0.3, -0.25) is 4.79 Å². The van der Waals surface area contributed by atoms with Crippen molar-refractivity contribution in [2.45, 2.75) is 70.2 Å². The fraction of sp³-hybridized carbons (Fsp3) is 0.522. The molecule has 0 aliphatic carbocycles. The van der Waals surface area contributed by atoms with Crippen LogP contribution in [0.3, 0.4) is 0 Å². The lowest BCUT2D eigenvalue weighted by Gasteiger charge is -2.45. The zero-order valence-corrected chi connectivity index (χ0v) is 20.5. The number of aliphatic hydroxyl groups excluding tert-OH is 1. The summed E-state index contributed by atoms with van der Waals surface area (Å²) in [7, 11) is -2.40. The lowest BCUT2D eigenvalue weighted by molar-refractivity contribution is -0.151. The highest BCUT2D eigenvalue weighted by Gasteiger charge is 2.49. The van der Waals surface area contributed by atoms with E-state index in [0.717, 1.165) is 0 Å². The van der Waals surface area contributed by atoms with Gasteiger partial charge in [0.2, 0.25) is 6.10 Å². The van der Waals surface area contributed by atoms with E-state index in [1.54, 1.807) is 37.3 Å². The molecule has 0 unspecified atom stereocenters. The summed E-state index contributed by atoms with van der Waals surface area (Å²) in [6.45, 7) is 12.0. The van der Waals surface area contributed by atoms with Crippen LogP contribution >= 0.6 is 0 Å². The summed E-state index contributed by atoms with van der Waals surface area (Å²) in [6.07, 6.45) is -1.18. The van der Waals surface area contributed by atoms with Crippen LogP contribution in [0.25, 0.3) is 0 Å². The number of nitrogens with one attached hydrogen (secondary N) is 1. The van der Waals surface area contributed by atoms with E-state index in [4.69, 9.17) is 13.9 Å². The van der Waals surface area contributed by atoms with Crippen LogP contribution in [0.15, 0.2) is 42.5 Å². The van der Waals surface area contributed by atoms with Crippen LogP contribution in [-0.2, 0) is 23.5 Å². The number of carbonyl (C=O) groups excluding carboxylic acids is 3. The number of rotatable bonds is 7. The molecule has 1 saturated heterocycles. The Labute approximate surface area is 190 Å². The van der Waals surface area contributed by atoms with Gasteiger partial charge in [-0.15, -0.1) is 0 Å². The quantitative estimate of drug-likeness (QED) is 0.363. The number of hydrogen-bond acceptors (Lipinski definition) is 7. The smallest absolute Gasteiger partial charge is 0.339 e. The van der Waals surface area contributed by atoms with Gasteiger partial charge in [0, 0.05) is 6.08 Å². The lowest BCUT2D eigenvalue weighted by atomic mass is 9.95. The zero-order valence-electron chi connectivity index (χ0n) is 19.5. The van der Waals surface area contributed by atoms with Gasteiger partial charge in [0.1, 0.15) is 6.10 Å². The molecule has 0 bridgehead atoms. The minimum Gasteiger partial charge on any atom is -0.463 e. The first-order chi connectivity index (χ1) is 14.9. The topological polar surface area (TPSA) is 111 Å². The van der Waals surface area contributed by atoms with E-state index in [-0.39, 0.29) is 17.2 Å². The van der Waals surface area contributed by atoms with Crippen molar-refractivity contribution in [3.8, 4) is 0 Å². The molecule has 0 radical (unpaired) electrons. The minimum atomic E-state index is -2.40. The second kappa shape index (κ2) is 10.4. The third-order valence-corrected chi connectivity index (χ3v) is 10.2. The van der Waals surface area contributed by atoms with Gasteiger partial charge in [-0.05, 0) is 37.2 Å². The Hall–Kier alpha value is -2.49. The summed E-state index contributed by atoms with van der Waals surface area (Å²) in [5.74, 6) is -1.97. The van der Waals surface area contributed by atoms with Crippen molar-refractivity contribution in [3.63, 3.8) is 0 Å². The Morgan fingerprint density at radius 1 is 1.19 bits per heavy atom. The highest BCUT2D eigenvalue weighted by atomic mass is 28.4. The first kappa shape index (κ1) is 25.8. The van der Waals surface area contributed by atoms with Crippen LogP contribution in [-0.4, -0.2) is 62.2 Å². The van der Waals surface area contributed by atoms with Crippen LogP contribution in [0, 0.1) is 0 Å². The molecule has 0 aromatic heterocycles. The molecule has 9 heteroatoms. The summed E-state index contributed by atoms with van der Waals surface area (Å²) < 4.78 is 16.7. The normalized spacial score (nSPS) is 24.2. The van der Waals surface area contributed by atoms with Crippen LogP contribution < -0.4 is 5.32 Å². The average molecular weight is 464 g/mol. The van der Waals surface area contributed by atoms with E-state index in [1.807, 2.05) is 33.9 Å². The Morgan fingerprint density at radius 3 is 2.38 bits per heavy atom. The third kappa shape index (κ3) is 6.27. The van der Waals surface area contributed by atoms with E-state index in [0.29, 0.717) is 0 Å². The maximum absolute atomic E-state index is 12.7. The third-order valence-electron chi connectivity index (χ3n) is 5.77. The molecule has 0 spiro atoms. The van der Waals surface area contributed by atoms with Gasteiger partial charge in [-0.1, -0.05) is 45.0 Å². The van der Waals surface area contributed by atoms with Gasteiger partial charge in [-0.2, -0.15) is 0 Å². The number of carbonyl (C=O) groups is 3. The predicted molar refractivity (Wildman–Crippen MR) is 121 cm³/mol. The van der Waals surface area contributed by atoms with Gasteiger partial charge < -0.3 is 24.3 Å². The average Bonchev–Trinajstić information content (AvgIpc) is 2.71. The summed E-state index contributed by atoms with van der Waals surface area (Å²) in [4.78, 5) is 37.0. The summed E-state index contributed by atoms with van der Waals surface area (Å²) >= 11 is 0. The summed E-state index contributed by atoms with van der Waals surface area (Å²) in [6, 6.07) is 7.42. The van der Waals surface area contributed by atoms with Crippen molar-refractivity contribution >= 4 is 26.2 Å². The SMILES string of the molecule is CCOC(=O)/C=C/[C@@H]1NC(=O)[C@H](OC(=O)c2ccccc2)[C@@H](O)[C@H]1O[Si](C)(C)C(C)(C)C. The molecule has 1 fully saturated rings. The van der Waals surface area contributed by atoms with Gasteiger partial charge in [0.15, 0.2) is 8.32 Å². The van der Waals surface area contributed by atoms with E-state index >= 15 is 0 Å². The van der Waals surface area contributed by atoms with Gasteiger partial charge in [0.25, 0.3) is 5.91 Å². The molecule has 0 saturated carbocycles. The van der Waals surface area contributed by atoms with Crippen LogP contribution in [0.2, 0.25) is 18.1 Å². The molecule has 1 aliphatic heterocycles. The Kier molecular flexibility index (Phi) is 8.39. The van der Waals surface area contributed by atoms with E-state index < -0.39 is 50.5 Å². The van der Waals surface area contributed by atoms with Crippen molar-refractivity contribution in [1.29, 1.82) is 0 Å². The molecule has 1 aliphatic rings. The second-order valence-corrected chi connectivity index (χ2v) is 13.9. The monoisotopic (exact) mass is 463 g/mol. The fourth-order valence-electron chi connectivity index (χ4n) is 2.94. The van der Waals surface area contributed by atoms with Crippen LogP contribution in [0.1, 0.15) is 38.1 Å². The van der Waals surface area contributed by atoms with Crippen molar-refractivity contribution in [1.82, 2.24) is 5.32 Å². The van der Waals surface area contributed by atoms with Crippen molar-refractivity contribution in [2.24, 2.45) is 0 Å². The first-order valence-corrected chi connectivity index (χ1v) is 13.6. The molecular formula is C23H33NO7Si. The van der Waals surface area contributed by atoms with E-state index in [9.17, 15) is 19.5 Å². The number of benzene rings is 1. The van der Waals surface area contributed by atoms with Crippen molar-refractivity contribution < 1.29 is 33.4 Å². The van der Waals surface area contributed by atoms with E-state index in [2.05, 4.69) is 5.32 Å². The molecule has 1 aromatic carbocycles. The molecule has 1 heterocycles. The summed E-state index contributed by atoms with van der Waals surface area (Å²) in [5, 5.41) is 13.6. The van der Waals surface area contributed by atoms with Crippen LogP contribution in [0.4, 0.5) is 0 Å². The number of ether oxygens (including phenoxy) is 2. The molecule has 4 atom stereocenters. The first-order valence-electron chi connectivity index (χ1n) is 10.6. The highest BCUT2D eigenvalue weighted by Crippen LogP contribution is 2.39. The van der Waals surface area contributed by atoms with Gasteiger partial charge in [0.05, 0.1) is 24.3 Å². The number of aliphatic hydroxyl groups is 1. The zero-order chi connectivity index (χ0) is 24.1. The number of piperidine rings is 1. The molecule has 2 N–H and O–H groups in total. The Balaban J connectivity index is 2.31. The molecule has 176 valence electrons. The van der Waals surface area contributed by atoms with Gasteiger partial charge in [-0.25, -0.2) is 9.59 Å². The maximum Gasteiger partial charge on any atom is 0.339 e. The largest absolute Gasteiger partial charge is 0.463 e. The maximum atomic E-state index is 12.7. The molecule has 32 heavy (non-hydrogen) atoms. The molecule has 2 rings (SSSR count). The molecule has 1 amide bonds. The fourth-order valence-corrected chi connectivity index (χ4v) is 4.26. The number of amides is 1. The second-order valence-electron chi connectivity index (χ2n) is 9.17. The Morgan fingerprint density at radius 2 is 1.81 bits per heavy atom. The van der Waals surface area contributed by atoms with Gasteiger partial charge >= 0.3 is 11.9 Å². The number of hydrogen-bond donors (Lipinski definition) is 2. The highest BCUT2D eigenvalue weighted by molar-refractivity contribution is 6.74. The minimum absolute atomic E-state index is 0.181. The standard InChI is InChI=1S/C23H33NO7Si/c1-7-29-17(25)14-13-16-19(31-32(5,6)23(2,3)4)18(26)20(21(27)24-16)30-22(28)15-11-9-8-10-12-15/h8-14,16,18-20,26H,7H2,1-6H3,(H,24,27)/b14-13+/t16-,18-,19-,20+/m0/s1. The van der Waals surface area contributed by atoms with Crippen LogP contribution in [0.5, 0.6) is 0 Å².